The topological polar surface area (TPSA) is 65.1 Å². The lowest BCUT2D eigenvalue weighted by Crippen LogP contribution is -2.49. The van der Waals surface area contributed by atoms with E-state index in [0.29, 0.717) is 0 Å². The quantitative estimate of drug-likeness (QED) is 0.648. The molecular weight excluding hydrogens is 284 g/mol. The zero-order chi connectivity index (χ0) is 14.7. The molecule has 5 nitrogen and oxygen atoms in total. The van der Waals surface area contributed by atoms with Crippen LogP contribution in [0, 0.1) is 0 Å². The number of hydrogen-bond donors (Lipinski definition) is 2. The van der Waals surface area contributed by atoms with Gasteiger partial charge in [-0.15, -0.1) is 0 Å². The van der Waals surface area contributed by atoms with Crippen LogP contribution in [-0.2, 0) is 17.7 Å². The molecule has 1 aromatic carbocycles. The predicted octanol–water partition coefficient (Wildman–Crippen LogP) is 1.56. The second-order valence-electron chi connectivity index (χ2n) is 5.24. The van der Waals surface area contributed by atoms with Crippen LogP contribution in [0.5, 0.6) is 0 Å². The highest BCUT2D eigenvalue weighted by atomic mass is 32.2. The van der Waals surface area contributed by atoms with Gasteiger partial charge in [0.25, 0.3) is 0 Å². The Labute approximate surface area is 129 Å². The fraction of sp³-hybridized carbons (Fsp3) is 0.533. The van der Waals surface area contributed by atoms with Crippen LogP contribution < -0.4 is 11.3 Å². The van der Waals surface area contributed by atoms with Crippen molar-refractivity contribution >= 4 is 22.7 Å². The van der Waals surface area contributed by atoms with E-state index in [2.05, 4.69) is 41.3 Å². The Kier molecular flexibility index (Phi) is 4.80. The summed E-state index contributed by atoms with van der Waals surface area (Å²) in [6.07, 6.45) is 0.939. The lowest BCUT2D eigenvalue weighted by molar-refractivity contribution is 0.0470. The van der Waals surface area contributed by atoms with Gasteiger partial charge in [0.2, 0.25) is 0 Å². The lowest BCUT2D eigenvalue weighted by atomic mass is 10.0. The van der Waals surface area contributed by atoms with Gasteiger partial charge in [-0.05, 0) is 13.0 Å². The number of fused-ring (bicyclic) bond motifs is 1. The molecule has 2 aromatic rings. The molecule has 2 heterocycles. The molecule has 0 radical (unpaired) electrons. The molecule has 0 aliphatic carbocycles. The number of ether oxygens (including phenoxy) is 1. The van der Waals surface area contributed by atoms with Crippen LogP contribution in [0.15, 0.2) is 24.3 Å². The normalized spacial score (nSPS) is 20.8. The average molecular weight is 306 g/mol. The predicted molar refractivity (Wildman–Crippen MR) is 87.3 cm³/mol. The first-order chi connectivity index (χ1) is 10.3. The second-order valence-corrected chi connectivity index (χ2v) is 6.39. The number of aryl methyl sites for hydroxylation is 1. The maximum Gasteiger partial charge on any atom is 0.0835 e. The summed E-state index contributed by atoms with van der Waals surface area (Å²) < 4.78 is 7.90. The third-order valence-corrected chi connectivity index (χ3v) is 4.97. The van der Waals surface area contributed by atoms with Crippen LogP contribution in [0.2, 0.25) is 0 Å². The van der Waals surface area contributed by atoms with Crippen LogP contribution in [0.1, 0.15) is 12.6 Å². The Bertz CT molecular complexity index is 594. The summed E-state index contributed by atoms with van der Waals surface area (Å²) in [4.78, 5) is 0. The maximum absolute atomic E-state index is 5.85. The maximum atomic E-state index is 5.85. The number of nitrogens with zero attached hydrogens (tertiary/aromatic N) is 2. The van der Waals surface area contributed by atoms with E-state index in [1.165, 1.54) is 10.9 Å². The van der Waals surface area contributed by atoms with Crippen LogP contribution in [-0.4, -0.2) is 40.0 Å². The molecule has 1 aliphatic heterocycles. The Morgan fingerprint density at radius 2 is 2.38 bits per heavy atom. The van der Waals surface area contributed by atoms with Gasteiger partial charge < -0.3 is 4.74 Å². The van der Waals surface area contributed by atoms with E-state index in [1.54, 1.807) is 0 Å². The molecule has 6 heteroatoms. The molecule has 1 aliphatic rings. The molecule has 3 rings (SSSR count). The van der Waals surface area contributed by atoms with Crippen molar-refractivity contribution in [1.82, 2.24) is 15.2 Å². The van der Waals surface area contributed by atoms with Gasteiger partial charge >= 0.3 is 0 Å². The van der Waals surface area contributed by atoms with Crippen molar-refractivity contribution < 1.29 is 4.74 Å². The SMILES string of the molecule is CCn1nc(CC(NN)C2CSCCO2)c2ccccc21. The molecule has 1 fully saturated rings. The van der Waals surface area contributed by atoms with E-state index in [-0.39, 0.29) is 12.1 Å². The number of rotatable bonds is 5. The molecular formula is C15H22N4OS. The summed E-state index contributed by atoms with van der Waals surface area (Å²) in [5.41, 5.74) is 5.20. The van der Waals surface area contributed by atoms with Gasteiger partial charge in [0.1, 0.15) is 0 Å². The van der Waals surface area contributed by atoms with Crippen molar-refractivity contribution in [3.63, 3.8) is 0 Å². The van der Waals surface area contributed by atoms with Gasteiger partial charge in [-0.25, -0.2) is 0 Å². The molecule has 0 amide bonds. The number of nitrogens with two attached hydrogens (primary N) is 1. The largest absolute Gasteiger partial charge is 0.375 e. The van der Waals surface area contributed by atoms with E-state index < -0.39 is 0 Å². The highest BCUT2D eigenvalue weighted by molar-refractivity contribution is 7.99. The summed E-state index contributed by atoms with van der Waals surface area (Å²) in [7, 11) is 0. The average Bonchev–Trinajstić information content (AvgIpc) is 2.91. The molecule has 114 valence electrons. The monoisotopic (exact) mass is 306 g/mol. The number of aromatic nitrogens is 2. The standard InChI is InChI=1S/C15H22N4OS/c1-2-19-14-6-4-3-5-11(14)12(18-19)9-13(17-16)15-10-21-8-7-20-15/h3-6,13,15,17H,2,7-10,16H2,1H3. The van der Waals surface area contributed by atoms with Crippen LogP contribution in [0.4, 0.5) is 0 Å². The number of hydrazine groups is 1. The first-order valence-corrected chi connectivity index (χ1v) is 8.59. The first-order valence-electron chi connectivity index (χ1n) is 7.43. The number of nitrogens with one attached hydrogen (secondary N) is 1. The lowest BCUT2D eigenvalue weighted by Gasteiger charge is -2.29. The Hall–Kier alpha value is -1.08. The third kappa shape index (κ3) is 3.08. The molecule has 21 heavy (non-hydrogen) atoms. The summed E-state index contributed by atoms with van der Waals surface area (Å²) in [6, 6.07) is 8.47. The first kappa shape index (κ1) is 14.8. The molecule has 2 unspecified atom stereocenters. The highest BCUT2D eigenvalue weighted by Crippen LogP contribution is 2.22. The molecule has 1 saturated heterocycles. The van der Waals surface area contributed by atoms with Gasteiger partial charge in [0.05, 0.1) is 30.0 Å². The molecule has 0 saturated carbocycles. The van der Waals surface area contributed by atoms with Crippen LogP contribution >= 0.6 is 11.8 Å². The van der Waals surface area contributed by atoms with Gasteiger partial charge in [-0.3, -0.25) is 16.0 Å². The fourth-order valence-electron chi connectivity index (χ4n) is 2.83. The summed E-state index contributed by atoms with van der Waals surface area (Å²) in [6.45, 7) is 3.79. The molecule has 3 N–H and O–H groups in total. The number of benzene rings is 1. The van der Waals surface area contributed by atoms with Crippen molar-refractivity contribution in [2.75, 3.05) is 18.1 Å². The summed E-state index contributed by atoms with van der Waals surface area (Å²) in [5, 5.41) is 5.96. The van der Waals surface area contributed by atoms with Crippen molar-refractivity contribution in [3.8, 4) is 0 Å². The smallest absolute Gasteiger partial charge is 0.0835 e. The van der Waals surface area contributed by atoms with Crippen molar-refractivity contribution in [3.05, 3.63) is 30.0 Å². The van der Waals surface area contributed by atoms with Gasteiger partial charge in [0, 0.05) is 29.9 Å². The molecule has 0 spiro atoms. The van der Waals surface area contributed by atoms with Crippen molar-refractivity contribution in [2.24, 2.45) is 5.84 Å². The summed E-state index contributed by atoms with van der Waals surface area (Å²) in [5.74, 6) is 7.82. The Morgan fingerprint density at radius 3 is 3.10 bits per heavy atom. The zero-order valence-electron chi connectivity index (χ0n) is 12.3. The van der Waals surface area contributed by atoms with Crippen LogP contribution in [0.25, 0.3) is 10.9 Å². The van der Waals surface area contributed by atoms with Crippen molar-refractivity contribution in [2.45, 2.75) is 32.0 Å². The van der Waals surface area contributed by atoms with Gasteiger partial charge in [-0.1, -0.05) is 18.2 Å². The Morgan fingerprint density at radius 1 is 1.52 bits per heavy atom. The minimum Gasteiger partial charge on any atom is -0.375 e. The minimum atomic E-state index is 0.0985. The number of hydrogen-bond acceptors (Lipinski definition) is 5. The van der Waals surface area contributed by atoms with Crippen LogP contribution in [0.3, 0.4) is 0 Å². The molecule has 1 aromatic heterocycles. The zero-order valence-corrected chi connectivity index (χ0v) is 13.1. The highest BCUT2D eigenvalue weighted by Gasteiger charge is 2.26. The summed E-state index contributed by atoms with van der Waals surface area (Å²) >= 11 is 1.92. The van der Waals surface area contributed by atoms with Crippen molar-refractivity contribution in [1.29, 1.82) is 0 Å². The van der Waals surface area contributed by atoms with Gasteiger partial charge in [0.15, 0.2) is 0 Å². The number of thioether (sulfide) groups is 1. The fourth-order valence-corrected chi connectivity index (χ4v) is 3.77. The van der Waals surface area contributed by atoms with E-state index in [9.17, 15) is 0 Å². The molecule has 2 atom stereocenters. The second kappa shape index (κ2) is 6.79. The van der Waals surface area contributed by atoms with E-state index in [4.69, 9.17) is 15.7 Å². The van der Waals surface area contributed by atoms with E-state index >= 15 is 0 Å². The van der Waals surface area contributed by atoms with Gasteiger partial charge in [-0.2, -0.15) is 16.9 Å². The third-order valence-electron chi connectivity index (χ3n) is 3.95. The Balaban J connectivity index is 1.85. The molecule has 0 bridgehead atoms. The minimum absolute atomic E-state index is 0.0985. The van der Waals surface area contributed by atoms with E-state index in [1.807, 2.05) is 11.8 Å². The number of para-hydroxylation sites is 1. The van der Waals surface area contributed by atoms with E-state index in [0.717, 1.165) is 36.8 Å².